The second-order valence-electron chi connectivity index (χ2n) is 10.4. The number of hydrogen-bond donors (Lipinski definition) is 1. The number of aryl methyl sites for hydroxylation is 2. The fourth-order valence-electron chi connectivity index (χ4n) is 5.16. The maximum absolute atomic E-state index is 14.0. The number of piperidine rings is 1. The van der Waals surface area contributed by atoms with Crippen molar-refractivity contribution >= 4 is 21.8 Å². The summed E-state index contributed by atoms with van der Waals surface area (Å²) in [7, 11) is 1.73. The molecule has 1 aliphatic heterocycles. The Balaban J connectivity index is 1.51. The van der Waals surface area contributed by atoms with Crippen molar-refractivity contribution in [3.63, 3.8) is 0 Å². The van der Waals surface area contributed by atoms with Crippen molar-refractivity contribution in [2.75, 3.05) is 19.7 Å². The van der Waals surface area contributed by atoms with Crippen LogP contribution in [0, 0.1) is 12.8 Å². The summed E-state index contributed by atoms with van der Waals surface area (Å²) in [4.78, 5) is 28.3. The van der Waals surface area contributed by atoms with E-state index in [1.54, 1.807) is 23.9 Å². The van der Waals surface area contributed by atoms with Crippen molar-refractivity contribution in [2.45, 2.75) is 70.6 Å². The quantitative estimate of drug-likeness (QED) is 0.406. The Morgan fingerprint density at radius 3 is 2.70 bits per heavy atom. The highest BCUT2D eigenvalue weighted by Crippen LogP contribution is 2.36. The molecule has 4 rings (SSSR count). The molecular weight excluding hydrogens is 544 g/mol. The van der Waals surface area contributed by atoms with Crippen LogP contribution in [0.1, 0.15) is 60.8 Å². The number of carbonyl (C=O) groups is 1. The minimum absolute atomic E-state index is 0.000841. The Bertz CT molecular complexity index is 1180. The molecule has 37 heavy (non-hydrogen) atoms. The molecule has 1 N–H and O–H groups in total. The molecule has 0 unspecified atom stereocenters. The summed E-state index contributed by atoms with van der Waals surface area (Å²) >= 11 is 3.65. The lowest BCUT2D eigenvalue weighted by Gasteiger charge is -2.36. The molecule has 2 fully saturated rings. The number of alkyl halides is 2. The number of aromatic nitrogens is 1. The molecule has 1 aliphatic carbocycles. The number of halogens is 3. The van der Waals surface area contributed by atoms with Gasteiger partial charge in [-0.15, -0.1) is 0 Å². The van der Waals surface area contributed by atoms with E-state index < -0.39 is 6.11 Å². The van der Waals surface area contributed by atoms with Crippen LogP contribution in [0.25, 0.3) is 0 Å². The number of carbonyl (C=O) groups excluding carboxylic acids is 1. The SMILES string of the molecule is Cc1c(Br)cc(CN(C(=O)[C@H]2CNCC[C@@H]2c2ccn(C)c(=O)c2)C2CC2)cc1CCCOC(C)(F)F. The Morgan fingerprint density at radius 2 is 2.03 bits per heavy atom. The third kappa shape index (κ3) is 7.27. The van der Waals surface area contributed by atoms with Gasteiger partial charge in [0.1, 0.15) is 0 Å². The minimum atomic E-state index is -3.12. The van der Waals surface area contributed by atoms with Gasteiger partial charge in [-0.3, -0.25) is 9.59 Å². The molecule has 9 heteroatoms. The zero-order chi connectivity index (χ0) is 26.7. The van der Waals surface area contributed by atoms with Crippen molar-refractivity contribution in [1.29, 1.82) is 0 Å². The van der Waals surface area contributed by atoms with Gasteiger partial charge in [0.05, 0.1) is 12.5 Å². The first kappa shape index (κ1) is 27.9. The smallest absolute Gasteiger partial charge is 0.335 e. The van der Waals surface area contributed by atoms with Crippen molar-refractivity contribution in [3.8, 4) is 0 Å². The number of amides is 1. The molecule has 0 bridgehead atoms. The lowest BCUT2D eigenvalue weighted by atomic mass is 9.80. The molecular formula is C28H36BrF2N3O3. The summed E-state index contributed by atoms with van der Waals surface area (Å²) in [5, 5.41) is 3.38. The number of benzene rings is 1. The Hall–Kier alpha value is -2.10. The topological polar surface area (TPSA) is 63.6 Å². The molecule has 2 heterocycles. The molecule has 2 aromatic rings. The minimum Gasteiger partial charge on any atom is -0.335 e. The van der Waals surface area contributed by atoms with E-state index in [1.165, 1.54) is 0 Å². The summed E-state index contributed by atoms with van der Waals surface area (Å²) in [6.45, 7) is 4.64. The van der Waals surface area contributed by atoms with Gasteiger partial charge in [-0.2, -0.15) is 8.78 Å². The number of ether oxygens (including phenoxy) is 1. The summed E-state index contributed by atoms with van der Waals surface area (Å²) in [6.07, 6.45) is 2.54. The van der Waals surface area contributed by atoms with Crippen LogP contribution in [-0.2, 0) is 29.5 Å². The van der Waals surface area contributed by atoms with Gasteiger partial charge in [0.25, 0.3) is 5.56 Å². The second-order valence-corrected chi connectivity index (χ2v) is 11.3. The highest BCUT2D eigenvalue weighted by Gasteiger charge is 2.40. The Kier molecular flexibility index (Phi) is 8.86. The van der Waals surface area contributed by atoms with Gasteiger partial charge in [0.2, 0.25) is 5.91 Å². The van der Waals surface area contributed by atoms with E-state index in [1.807, 2.05) is 17.9 Å². The number of hydrogen-bond acceptors (Lipinski definition) is 4. The number of nitrogens with zero attached hydrogens (tertiary/aromatic N) is 2. The van der Waals surface area contributed by atoms with Crippen molar-refractivity contribution in [2.24, 2.45) is 13.0 Å². The summed E-state index contributed by atoms with van der Waals surface area (Å²) in [5.74, 6) is -0.110. The molecule has 0 spiro atoms. The zero-order valence-electron chi connectivity index (χ0n) is 21.7. The molecule has 1 saturated heterocycles. The van der Waals surface area contributed by atoms with Crippen molar-refractivity contribution in [1.82, 2.24) is 14.8 Å². The van der Waals surface area contributed by atoms with Crippen LogP contribution >= 0.6 is 15.9 Å². The second kappa shape index (κ2) is 11.7. The van der Waals surface area contributed by atoms with Crippen LogP contribution in [0.2, 0.25) is 0 Å². The molecule has 1 saturated carbocycles. The van der Waals surface area contributed by atoms with Crippen LogP contribution < -0.4 is 10.9 Å². The third-order valence-electron chi connectivity index (χ3n) is 7.44. The van der Waals surface area contributed by atoms with Gasteiger partial charge < -0.3 is 19.5 Å². The van der Waals surface area contributed by atoms with E-state index in [0.29, 0.717) is 25.9 Å². The van der Waals surface area contributed by atoms with Gasteiger partial charge in [-0.1, -0.05) is 22.0 Å². The number of nitrogens with one attached hydrogen (secondary N) is 1. The van der Waals surface area contributed by atoms with E-state index in [4.69, 9.17) is 0 Å². The standard InChI is InChI=1S/C28H36BrF2N3O3/c1-18-20(5-4-12-37-28(2,30)31)13-19(14-25(18)29)17-34(22-6-7-22)27(36)24-16-32-10-8-23(24)21-9-11-33(3)26(35)15-21/h9,11,13-15,22-24,32H,4-8,10,12,16-17H2,1-3H3/t23-,24+/m1/s1. The molecule has 6 nitrogen and oxygen atoms in total. The normalized spacial score (nSPS) is 20.2. The van der Waals surface area contributed by atoms with E-state index in [-0.39, 0.29) is 36.0 Å². The number of pyridine rings is 1. The van der Waals surface area contributed by atoms with Gasteiger partial charge in [0, 0.05) is 49.8 Å². The van der Waals surface area contributed by atoms with Gasteiger partial charge >= 0.3 is 6.11 Å². The maximum Gasteiger partial charge on any atom is 0.352 e. The summed E-state index contributed by atoms with van der Waals surface area (Å²) in [5.41, 5.74) is 4.01. The van der Waals surface area contributed by atoms with E-state index >= 15 is 0 Å². The average Bonchev–Trinajstić information content (AvgIpc) is 3.69. The van der Waals surface area contributed by atoms with Crippen LogP contribution in [0.4, 0.5) is 8.78 Å². The first-order chi connectivity index (χ1) is 17.5. The van der Waals surface area contributed by atoms with E-state index in [0.717, 1.165) is 59.5 Å². The van der Waals surface area contributed by atoms with Crippen LogP contribution in [0.3, 0.4) is 0 Å². The Labute approximate surface area is 225 Å². The highest BCUT2D eigenvalue weighted by atomic mass is 79.9. The third-order valence-corrected chi connectivity index (χ3v) is 8.26. The molecule has 1 aromatic carbocycles. The molecule has 2 aliphatic rings. The lowest BCUT2D eigenvalue weighted by molar-refractivity contribution is -0.224. The van der Waals surface area contributed by atoms with E-state index in [2.05, 4.69) is 38.1 Å². The zero-order valence-corrected chi connectivity index (χ0v) is 23.3. The molecule has 2 atom stereocenters. The Morgan fingerprint density at radius 1 is 1.27 bits per heavy atom. The van der Waals surface area contributed by atoms with E-state index in [9.17, 15) is 18.4 Å². The lowest BCUT2D eigenvalue weighted by Crippen LogP contribution is -2.47. The van der Waals surface area contributed by atoms with Crippen LogP contribution in [-0.4, -0.2) is 47.2 Å². The fourth-order valence-corrected chi connectivity index (χ4v) is 5.71. The summed E-state index contributed by atoms with van der Waals surface area (Å²) < 4.78 is 33.1. The predicted molar refractivity (Wildman–Crippen MR) is 143 cm³/mol. The molecule has 1 amide bonds. The van der Waals surface area contributed by atoms with Crippen molar-refractivity contribution in [3.05, 3.63) is 67.5 Å². The summed E-state index contributed by atoms with van der Waals surface area (Å²) in [6, 6.07) is 7.99. The fraction of sp³-hybridized carbons (Fsp3) is 0.571. The first-order valence-electron chi connectivity index (χ1n) is 13.0. The van der Waals surface area contributed by atoms with Gasteiger partial charge in [-0.25, -0.2) is 0 Å². The number of rotatable bonds is 10. The average molecular weight is 581 g/mol. The largest absolute Gasteiger partial charge is 0.352 e. The van der Waals surface area contributed by atoms with Crippen LogP contribution in [0.5, 0.6) is 0 Å². The van der Waals surface area contributed by atoms with Crippen LogP contribution in [0.15, 0.2) is 39.7 Å². The molecule has 202 valence electrons. The maximum atomic E-state index is 14.0. The molecule has 1 aromatic heterocycles. The molecule has 0 radical (unpaired) electrons. The predicted octanol–water partition coefficient (Wildman–Crippen LogP) is 4.90. The highest BCUT2D eigenvalue weighted by molar-refractivity contribution is 9.10. The first-order valence-corrected chi connectivity index (χ1v) is 13.8. The van der Waals surface area contributed by atoms with Gasteiger partial charge in [-0.05, 0) is 85.9 Å². The monoisotopic (exact) mass is 579 g/mol. The van der Waals surface area contributed by atoms with Gasteiger partial charge in [0.15, 0.2) is 0 Å². The van der Waals surface area contributed by atoms with Crippen molar-refractivity contribution < 1.29 is 18.3 Å².